The van der Waals surface area contributed by atoms with Crippen LogP contribution in [0.4, 0.5) is 0 Å². The molecule has 0 amide bonds. The molecule has 1 rings (SSSR count). The van der Waals surface area contributed by atoms with Gasteiger partial charge in [-0.05, 0) is 22.0 Å². The zero-order chi connectivity index (χ0) is 12.7. The molecule has 0 aliphatic heterocycles. The van der Waals surface area contributed by atoms with Crippen LogP contribution in [0.5, 0.6) is 5.75 Å². The Kier molecular flexibility index (Phi) is 2.49. The molecule has 0 saturated carbocycles. The molecule has 1 heteroatoms. The van der Waals surface area contributed by atoms with E-state index in [1.807, 2.05) is 41.5 Å². The molecule has 0 fully saturated rings. The van der Waals surface area contributed by atoms with E-state index >= 15 is 0 Å². The third-order valence-corrected chi connectivity index (χ3v) is 2.58. The van der Waals surface area contributed by atoms with Crippen molar-refractivity contribution < 1.29 is 6.48 Å². The molecule has 0 saturated heterocycles. The molecule has 1 aromatic carbocycles. The summed E-state index contributed by atoms with van der Waals surface area (Å²) in [6.07, 6.45) is 0. The van der Waals surface area contributed by atoms with Gasteiger partial charge in [0.25, 0.3) is 0 Å². The molecule has 0 aromatic heterocycles. The number of para-hydroxylation sites is 1. The van der Waals surface area contributed by atoms with Crippen molar-refractivity contribution in [2.75, 3.05) is 0 Å². The van der Waals surface area contributed by atoms with Crippen molar-refractivity contribution in [3.63, 3.8) is 0 Å². The lowest BCUT2D eigenvalue weighted by atomic mass is 9.80. The molecule has 15 heavy (non-hydrogen) atoms. The Balaban J connectivity index is 3.51. The van der Waals surface area contributed by atoms with E-state index in [0.29, 0.717) is 11.8 Å². The van der Waals surface area contributed by atoms with Crippen LogP contribution < -0.4 is 0 Å². The highest BCUT2D eigenvalue weighted by Crippen LogP contribution is 2.38. The molecule has 1 nitrogen and oxygen atoms in total. The molecule has 0 aliphatic carbocycles. The van der Waals surface area contributed by atoms with Crippen molar-refractivity contribution in [1.82, 2.24) is 0 Å². The highest BCUT2D eigenvalue weighted by molar-refractivity contribution is 5.46. The minimum absolute atomic E-state index is 0.138. The number of phenols is 1. The van der Waals surface area contributed by atoms with Gasteiger partial charge >= 0.3 is 0 Å². The van der Waals surface area contributed by atoms with Gasteiger partial charge in [0, 0.05) is 0 Å². The van der Waals surface area contributed by atoms with Crippen molar-refractivity contribution >= 4 is 0 Å². The quantitative estimate of drug-likeness (QED) is 0.683. The zero-order valence-electron chi connectivity index (χ0n) is 11.6. The van der Waals surface area contributed by atoms with Gasteiger partial charge in [0.2, 0.25) is 0 Å². The van der Waals surface area contributed by atoms with E-state index in [1.165, 1.54) is 0 Å². The van der Waals surface area contributed by atoms with E-state index < -0.39 is 0 Å². The van der Waals surface area contributed by atoms with Crippen LogP contribution in [-0.2, 0) is 10.8 Å². The predicted molar refractivity (Wildman–Crippen MR) is 65.5 cm³/mol. The minimum atomic E-state index is -0.138. The first-order valence-corrected chi connectivity index (χ1v) is 5.38. The van der Waals surface area contributed by atoms with Gasteiger partial charge in [0.1, 0.15) is 5.75 Å². The first-order valence-electron chi connectivity index (χ1n) is 5.88. The summed E-state index contributed by atoms with van der Waals surface area (Å²) in [5, 5.41) is 10.3. The second-order valence-corrected chi connectivity index (χ2v) is 6.13. The van der Waals surface area contributed by atoms with Crippen molar-refractivity contribution in [2.24, 2.45) is 0 Å². The third kappa shape index (κ3) is 2.53. The van der Waals surface area contributed by atoms with Gasteiger partial charge in [-0.2, -0.15) is 0 Å². The van der Waals surface area contributed by atoms with Gasteiger partial charge in [-0.3, -0.25) is 0 Å². The van der Waals surface area contributed by atoms with E-state index in [4.69, 9.17) is 1.37 Å². The lowest BCUT2D eigenvalue weighted by Gasteiger charge is -2.26. The van der Waals surface area contributed by atoms with Gasteiger partial charge in [0.05, 0.1) is 1.37 Å². The molecule has 1 aromatic rings. The maximum absolute atomic E-state index is 10.3. The van der Waals surface area contributed by atoms with Crippen molar-refractivity contribution in [2.45, 2.75) is 52.4 Å². The highest BCUT2D eigenvalue weighted by atomic mass is 16.3. The summed E-state index contributed by atoms with van der Waals surface area (Å²) in [5.74, 6) is 0.344. The lowest BCUT2D eigenvalue weighted by Crippen LogP contribution is -2.16. The highest BCUT2D eigenvalue weighted by Gasteiger charge is 2.24. The predicted octanol–water partition coefficient (Wildman–Crippen LogP) is 3.99. The van der Waals surface area contributed by atoms with Crippen molar-refractivity contribution in [3.05, 3.63) is 29.3 Å². The summed E-state index contributed by atoms with van der Waals surface area (Å²) in [6.45, 7) is 12.3. The summed E-state index contributed by atoms with van der Waals surface area (Å²) in [5.41, 5.74) is 1.43. The van der Waals surface area contributed by atoms with Gasteiger partial charge in [-0.25, -0.2) is 0 Å². The van der Waals surface area contributed by atoms with Crippen LogP contribution in [-0.4, -0.2) is 5.11 Å². The van der Waals surface area contributed by atoms with Crippen LogP contribution in [0.2, 0.25) is 0 Å². The molecule has 1 N–H and O–H groups in total. The SMILES string of the molecule is [3H]c1cc(C(C)(C)C)c(O)c(C(C)(C)C)c1. The smallest absolute Gasteiger partial charge is 0.123 e. The van der Waals surface area contributed by atoms with Gasteiger partial charge < -0.3 is 5.11 Å². The van der Waals surface area contributed by atoms with Crippen LogP contribution in [0.25, 0.3) is 0 Å². The average Bonchev–Trinajstić information content (AvgIpc) is 2.04. The fourth-order valence-electron chi connectivity index (χ4n) is 1.63. The first-order chi connectivity index (χ1) is 7.03. The zero-order valence-corrected chi connectivity index (χ0v) is 10.6. The monoisotopic (exact) mass is 208 g/mol. The second-order valence-electron chi connectivity index (χ2n) is 6.13. The molecule has 0 spiro atoms. The Morgan fingerprint density at radius 3 is 1.53 bits per heavy atom. The summed E-state index contributed by atoms with van der Waals surface area (Å²) >= 11 is 0. The minimum Gasteiger partial charge on any atom is -0.507 e. The van der Waals surface area contributed by atoms with Crippen LogP contribution >= 0.6 is 0 Å². The van der Waals surface area contributed by atoms with Crippen LogP contribution in [0.1, 0.15) is 54.0 Å². The van der Waals surface area contributed by atoms with Crippen LogP contribution in [0, 0.1) is 0 Å². The molecule has 0 radical (unpaired) electrons. The van der Waals surface area contributed by atoms with Gasteiger partial charge in [-0.15, -0.1) is 0 Å². The molecule has 84 valence electrons. The molecule has 0 unspecified atom stereocenters. The topological polar surface area (TPSA) is 20.2 Å². The summed E-state index contributed by atoms with van der Waals surface area (Å²) in [4.78, 5) is 0. The summed E-state index contributed by atoms with van der Waals surface area (Å²) in [6, 6.07) is 3.97. The number of hydrogen-bond donors (Lipinski definition) is 1. The number of aromatic hydroxyl groups is 1. The van der Waals surface area contributed by atoms with Crippen LogP contribution in [0.3, 0.4) is 0 Å². The van der Waals surface area contributed by atoms with E-state index in [-0.39, 0.29) is 10.8 Å². The second kappa shape index (κ2) is 3.55. The number of hydrogen-bond acceptors (Lipinski definition) is 1. The Morgan fingerprint density at radius 1 is 0.933 bits per heavy atom. The molecule has 0 atom stereocenters. The van der Waals surface area contributed by atoms with Crippen molar-refractivity contribution in [1.29, 1.82) is 0 Å². The lowest BCUT2D eigenvalue weighted by molar-refractivity contribution is 0.423. The standard InChI is InChI=1S/C14H22O/c1-13(2,3)10-8-7-9-11(12(10)15)14(4,5)6/h7-9,15H,1-6H3/i7T. The summed E-state index contributed by atoms with van der Waals surface area (Å²) < 4.78 is 7.82. The number of benzene rings is 1. The summed E-state index contributed by atoms with van der Waals surface area (Å²) in [7, 11) is 0. The molecule has 0 aliphatic rings. The fourth-order valence-corrected chi connectivity index (χ4v) is 1.63. The average molecular weight is 208 g/mol. The Morgan fingerprint density at radius 2 is 1.27 bits per heavy atom. The molecule has 0 bridgehead atoms. The van der Waals surface area contributed by atoms with E-state index in [1.54, 1.807) is 12.1 Å². The molecule has 0 heterocycles. The third-order valence-electron chi connectivity index (χ3n) is 2.58. The Bertz CT molecular complexity index is 359. The molecular weight excluding hydrogens is 184 g/mol. The first kappa shape index (κ1) is 10.5. The van der Waals surface area contributed by atoms with Gasteiger partial charge in [0.15, 0.2) is 0 Å². The maximum atomic E-state index is 10.3. The van der Waals surface area contributed by atoms with Crippen molar-refractivity contribution in [3.8, 4) is 5.75 Å². The van der Waals surface area contributed by atoms with E-state index in [0.717, 1.165) is 11.1 Å². The maximum Gasteiger partial charge on any atom is 0.123 e. The van der Waals surface area contributed by atoms with Gasteiger partial charge in [-0.1, -0.05) is 59.7 Å². The van der Waals surface area contributed by atoms with Crippen LogP contribution in [0.15, 0.2) is 18.2 Å². The Hall–Kier alpha value is -0.980. The Labute approximate surface area is 94.6 Å². The number of phenolic OH excluding ortho intramolecular Hbond substituents is 1. The normalized spacial score (nSPS) is 13.9. The van der Waals surface area contributed by atoms with E-state index in [2.05, 4.69) is 0 Å². The fraction of sp³-hybridized carbons (Fsp3) is 0.571. The molecular formula is C14H22O. The number of rotatable bonds is 0. The van der Waals surface area contributed by atoms with E-state index in [9.17, 15) is 5.11 Å². The largest absolute Gasteiger partial charge is 0.507 e.